The van der Waals surface area contributed by atoms with Gasteiger partial charge in [-0.1, -0.05) is 12.1 Å². The van der Waals surface area contributed by atoms with E-state index in [1.54, 1.807) is 42.5 Å². The lowest BCUT2D eigenvalue weighted by molar-refractivity contribution is 0.0656. The van der Waals surface area contributed by atoms with Gasteiger partial charge in [0, 0.05) is 29.2 Å². The van der Waals surface area contributed by atoms with Crippen LogP contribution in [0.25, 0.3) is 10.9 Å². The number of fused-ring (bicyclic) bond motifs is 2. The minimum absolute atomic E-state index is 0.265. The van der Waals surface area contributed by atoms with Gasteiger partial charge in [0.05, 0.1) is 11.1 Å². The number of H-pyrrole nitrogens is 1. The highest BCUT2D eigenvalue weighted by Gasteiger charge is 2.34. The highest BCUT2D eigenvalue weighted by atomic mass is 16.2. The average molecular weight is 333 g/mol. The number of benzene rings is 2. The standard InChI is InChI=1S/C19H15N3O3/c20-17(23)11-5-6-16-15(9-11)12(10-21-16)7-8-22-18(24)13-3-1-2-4-14(13)19(22)25/h1-6,9-10,21H,7-8H2,(H2,20,23). The van der Waals surface area contributed by atoms with Crippen LogP contribution in [0.2, 0.25) is 0 Å². The number of hydrogen-bond donors (Lipinski definition) is 2. The van der Waals surface area contributed by atoms with Crippen LogP contribution < -0.4 is 5.73 Å². The maximum Gasteiger partial charge on any atom is 0.261 e. The normalized spacial score (nSPS) is 13.5. The first-order valence-corrected chi connectivity index (χ1v) is 7.91. The molecule has 3 amide bonds. The molecule has 6 nitrogen and oxygen atoms in total. The van der Waals surface area contributed by atoms with Crippen molar-refractivity contribution in [3.05, 3.63) is 70.9 Å². The molecule has 0 fully saturated rings. The van der Waals surface area contributed by atoms with Crippen LogP contribution in [0.3, 0.4) is 0 Å². The number of primary amides is 1. The summed E-state index contributed by atoms with van der Waals surface area (Å²) in [7, 11) is 0. The predicted octanol–water partition coefficient (Wildman–Crippen LogP) is 2.11. The molecule has 1 aromatic heterocycles. The maximum absolute atomic E-state index is 12.4. The molecule has 0 radical (unpaired) electrons. The van der Waals surface area contributed by atoms with Gasteiger partial charge in [0.1, 0.15) is 0 Å². The highest BCUT2D eigenvalue weighted by molar-refractivity contribution is 6.21. The van der Waals surface area contributed by atoms with Gasteiger partial charge in [-0.2, -0.15) is 0 Å². The molecule has 1 aliphatic rings. The summed E-state index contributed by atoms with van der Waals surface area (Å²) < 4.78 is 0. The van der Waals surface area contributed by atoms with Crippen LogP contribution in [0, 0.1) is 0 Å². The van der Waals surface area contributed by atoms with Gasteiger partial charge in [0.2, 0.25) is 5.91 Å². The van der Waals surface area contributed by atoms with E-state index in [1.165, 1.54) is 4.90 Å². The van der Waals surface area contributed by atoms with Gasteiger partial charge in [-0.05, 0) is 42.3 Å². The number of carbonyl (C=O) groups is 3. The number of carbonyl (C=O) groups excluding carboxylic acids is 3. The van der Waals surface area contributed by atoms with E-state index in [9.17, 15) is 14.4 Å². The van der Waals surface area contributed by atoms with E-state index in [-0.39, 0.29) is 18.4 Å². The predicted molar refractivity (Wildman–Crippen MR) is 92.3 cm³/mol. The molecule has 0 saturated heterocycles. The molecule has 0 saturated carbocycles. The maximum atomic E-state index is 12.4. The highest BCUT2D eigenvalue weighted by Crippen LogP contribution is 2.24. The largest absolute Gasteiger partial charge is 0.366 e. The van der Waals surface area contributed by atoms with E-state index in [0.29, 0.717) is 23.1 Å². The number of imide groups is 1. The molecule has 6 heteroatoms. The molecule has 0 unspecified atom stereocenters. The minimum atomic E-state index is -0.491. The Hall–Kier alpha value is -3.41. The quantitative estimate of drug-likeness (QED) is 0.716. The molecule has 2 heterocycles. The molecule has 0 aliphatic carbocycles. The van der Waals surface area contributed by atoms with Crippen LogP contribution in [-0.4, -0.2) is 34.2 Å². The Labute approximate surface area is 143 Å². The van der Waals surface area contributed by atoms with Crippen molar-refractivity contribution in [2.24, 2.45) is 5.73 Å². The fraction of sp³-hybridized carbons (Fsp3) is 0.105. The van der Waals surface area contributed by atoms with Crippen LogP contribution in [0.4, 0.5) is 0 Å². The van der Waals surface area contributed by atoms with E-state index in [0.717, 1.165) is 16.5 Å². The molecule has 25 heavy (non-hydrogen) atoms. The zero-order valence-electron chi connectivity index (χ0n) is 13.3. The number of aromatic amines is 1. The summed E-state index contributed by atoms with van der Waals surface area (Å²) in [6, 6.07) is 12.0. The lowest BCUT2D eigenvalue weighted by Crippen LogP contribution is -2.31. The number of nitrogens with two attached hydrogens (primary N) is 1. The number of nitrogens with one attached hydrogen (secondary N) is 1. The SMILES string of the molecule is NC(=O)c1ccc2[nH]cc(CCN3C(=O)c4ccccc4C3=O)c2c1. The molecule has 0 atom stereocenters. The molecular formula is C19H15N3O3. The Morgan fingerprint density at radius 3 is 2.36 bits per heavy atom. The van der Waals surface area contributed by atoms with Gasteiger partial charge >= 0.3 is 0 Å². The lowest BCUT2D eigenvalue weighted by Gasteiger charge is -2.13. The molecule has 3 aromatic rings. The molecular weight excluding hydrogens is 318 g/mol. The summed E-state index contributed by atoms with van der Waals surface area (Å²) in [5.74, 6) is -1.02. The molecule has 124 valence electrons. The summed E-state index contributed by atoms with van der Waals surface area (Å²) in [5, 5.41) is 0.868. The molecule has 3 N–H and O–H groups in total. The van der Waals surface area contributed by atoms with Crippen LogP contribution in [0.15, 0.2) is 48.7 Å². The molecule has 4 rings (SSSR count). The van der Waals surface area contributed by atoms with Crippen LogP contribution in [0.1, 0.15) is 36.6 Å². The molecule has 0 bridgehead atoms. The van der Waals surface area contributed by atoms with Gasteiger partial charge in [0.25, 0.3) is 11.8 Å². The summed E-state index contributed by atoms with van der Waals surface area (Å²) in [5.41, 5.74) is 8.46. The van der Waals surface area contributed by atoms with Crippen molar-refractivity contribution >= 4 is 28.6 Å². The first-order valence-electron chi connectivity index (χ1n) is 7.91. The summed E-state index contributed by atoms with van der Waals surface area (Å²) >= 11 is 0. The van der Waals surface area contributed by atoms with Crippen molar-refractivity contribution in [1.82, 2.24) is 9.88 Å². The second kappa shape index (κ2) is 5.59. The van der Waals surface area contributed by atoms with Crippen molar-refractivity contribution < 1.29 is 14.4 Å². The van der Waals surface area contributed by atoms with Crippen LogP contribution >= 0.6 is 0 Å². The third kappa shape index (κ3) is 2.39. The first kappa shape index (κ1) is 15.1. The smallest absolute Gasteiger partial charge is 0.261 e. The Kier molecular flexibility index (Phi) is 3.39. The van der Waals surface area contributed by atoms with Crippen molar-refractivity contribution in [2.45, 2.75) is 6.42 Å². The summed E-state index contributed by atoms with van der Waals surface area (Å²) in [6.45, 7) is 0.278. The Morgan fingerprint density at radius 2 is 1.72 bits per heavy atom. The van der Waals surface area contributed by atoms with Crippen LogP contribution in [0.5, 0.6) is 0 Å². The molecule has 2 aromatic carbocycles. The number of aromatic nitrogens is 1. The van der Waals surface area contributed by atoms with Crippen molar-refractivity contribution in [2.75, 3.05) is 6.54 Å². The molecule has 0 spiro atoms. The topological polar surface area (TPSA) is 96.3 Å². The van der Waals surface area contributed by atoms with Gasteiger partial charge in [0.15, 0.2) is 0 Å². The Balaban J connectivity index is 1.59. The number of nitrogens with zero attached hydrogens (tertiary/aromatic N) is 1. The molecule has 1 aliphatic heterocycles. The van der Waals surface area contributed by atoms with E-state index in [2.05, 4.69) is 4.98 Å². The third-order valence-electron chi connectivity index (χ3n) is 4.53. The fourth-order valence-electron chi connectivity index (χ4n) is 3.21. The Morgan fingerprint density at radius 1 is 1.04 bits per heavy atom. The van der Waals surface area contributed by atoms with E-state index >= 15 is 0 Å². The number of amides is 3. The zero-order valence-corrected chi connectivity index (χ0v) is 13.3. The lowest BCUT2D eigenvalue weighted by atomic mass is 10.1. The number of hydrogen-bond acceptors (Lipinski definition) is 3. The van der Waals surface area contributed by atoms with Gasteiger partial charge in [-0.3, -0.25) is 19.3 Å². The van der Waals surface area contributed by atoms with Crippen LogP contribution in [-0.2, 0) is 6.42 Å². The summed E-state index contributed by atoms with van der Waals surface area (Å²) in [4.78, 5) is 40.6. The monoisotopic (exact) mass is 333 g/mol. The van der Waals surface area contributed by atoms with Gasteiger partial charge in [-0.25, -0.2) is 0 Å². The van der Waals surface area contributed by atoms with Crippen molar-refractivity contribution in [1.29, 1.82) is 0 Å². The Bertz CT molecular complexity index is 1000. The summed E-state index contributed by atoms with van der Waals surface area (Å²) in [6.07, 6.45) is 2.32. The van der Waals surface area contributed by atoms with E-state index in [1.807, 2.05) is 6.20 Å². The minimum Gasteiger partial charge on any atom is -0.366 e. The number of rotatable bonds is 4. The van der Waals surface area contributed by atoms with Crippen molar-refractivity contribution in [3.8, 4) is 0 Å². The van der Waals surface area contributed by atoms with Gasteiger partial charge in [-0.15, -0.1) is 0 Å². The average Bonchev–Trinajstić information content (AvgIpc) is 3.13. The second-order valence-corrected chi connectivity index (χ2v) is 6.00. The third-order valence-corrected chi connectivity index (χ3v) is 4.53. The van der Waals surface area contributed by atoms with Crippen molar-refractivity contribution in [3.63, 3.8) is 0 Å². The van der Waals surface area contributed by atoms with Gasteiger partial charge < -0.3 is 10.7 Å². The zero-order chi connectivity index (χ0) is 17.6. The fourth-order valence-corrected chi connectivity index (χ4v) is 3.21. The first-order chi connectivity index (χ1) is 12.1. The van der Waals surface area contributed by atoms with E-state index in [4.69, 9.17) is 5.73 Å². The van der Waals surface area contributed by atoms with E-state index < -0.39 is 5.91 Å². The second-order valence-electron chi connectivity index (χ2n) is 6.00.